The van der Waals surface area contributed by atoms with Crippen LogP contribution in [0.2, 0.25) is 0 Å². The van der Waals surface area contributed by atoms with E-state index < -0.39 is 6.10 Å². The summed E-state index contributed by atoms with van der Waals surface area (Å²) in [5.74, 6) is 1.80. The number of aliphatic hydroxyl groups is 1. The van der Waals surface area contributed by atoms with Crippen molar-refractivity contribution in [3.8, 4) is 16.9 Å². The smallest absolute Gasteiger partial charge is 0.128 e. The highest BCUT2D eigenvalue weighted by molar-refractivity contribution is 5.65. The van der Waals surface area contributed by atoms with Crippen molar-refractivity contribution < 1.29 is 9.84 Å². The van der Waals surface area contributed by atoms with Crippen molar-refractivity contribution in [3.63, 3.8) is 0 Å². The molecule has 0 aliphatic carbocycles. The van der Waals surface area contributed by atoms with Gasteiger partial charge in [-0.05, 0) is 54.4 Å². The second kappa shape index (κ2) is 10.6. The van der Waals surface area contributed by atoms with Crippen LogP contribution in [-0.4, -0.2) is 78.9 Å². The van der Waals surface area contributed by atoms with E-state index in [2.05, 4.69) is 64.2 Å². The van der Waals surface area contributed by atoms with E-state index in [4.69, 9.17) is 9.72 Å². The number of hydrogen-bond acceptors (Lipinski definition) is 6. The second-order valence-electron chi connectivity index (χ2n) is 9.44. The normalized spacial score (nSPS) is 17.9. The lowest BCUT2D eigenvalue weighted by molar-refractivity contribution is 0.0638. The minimum absolute atomic E-state index is 0.280. The molecule has 0 amide bonds. The minimum atomic E-state index is -0.529. The van der Waals surface area contributed by atoms with Crippen LogP contribution in [0.25, 0.3) is 11.1 Å². The Kier molecular flexibility index (Phi) is 7.09. The van der Waals surface area contributed by atoms with Gasteiger partial charge in [0.1, 0.15) is 24.3 Å². The first kappa shape index (κ1) is 22.8. The number of benzene rings is 2. The van der Waals surface area contributed by atoms with Gasteiger partial charge >= 0.3 is 0 Å². The predicted octanol–water partition coefficient (Wildman–Crippen LogP) is 3.30. The molecule has 0 saturated carbocycles. The number of aromatic nitrogens is 1. The number of piperazine rings is 1. The quantitative estimate of drug-likeness (QED) is 0.586. The molecular formula is C28H34N4O2. The van der Waals surface area contributed by atoms with Crippen LogP contribution in [-0.2, 0) is 13.0 Å². The molecule has 6 heteroatoms. The van der Waals surface area contributed by atoms with E-state index in [1.54, 1.807) is 0 Å². The molecule has 1 N–H and O–H groups in total. The molecule has 34 heavy (non-hydrogen) atoms. The van der Waals surface area contributed by atoms with Crippen molar-refractivity contribution in [1.82, 2.24) is 14.8 Å². The Morgan fingerprint density at radius 2 is 1.74 bits per heavy atom. The zero-order valence-corrected chi connectivity index (χ0v) is 19.9. The molecule has 0 bridgehead atoms. The lowest BCUT2D eigenvalue weighted by Crippen LogP contribution is -2.44. The number of β-amino-alcohol motifs (C(OH)–C–C–N with tert-alkyl or cyclic N) is 1. The third-order valence-corrected chi connectivity index (χ3v) is 6.86. The minimum Gasteiger partial charge on any atom is -0.491 e. The molecule has 1 atom stereocenters. The lowest BCUT2D eigenvalue weighted by atomic mass is 10.00. The molecule has 0 radical (unpaired) electrons. The number of pyridine rings is 1. The topological polar surface area (TPSA) is 52.1 Å². The average Bonchev–Trinajstić information content (AvgIpc) is 2.88. The van der Waals surface area contributed by atoms with Gasteiger partial charge in [0.25, 0.3) is 0 Å². The van der Waals surface area contributed by atoms with Gasteiger partial charge in [0.2, 0.25) is 0 Å². The zero-order chi connectivity index (χ0) is 23.3. The first-order valence-electron chi connectivity index (χ1n) is 12.2. The number of ether oxygens (including phenoxy) is 1. The van der Waals surface area contributed by atoms with Gasteiger partial charge in [-0.3, -0.25) is 4.90 Å². The van der Waals surface area contributed by atoms with Gasteiger partial charge in [-0.25, -0.2) is 4.98 Å². The van der Waals surface area contributed by atoms with Crippen LogP contribution in [0.15, 0.2) is 66.9 Å². The van der Waals surface area contributed by atoms with Gasteiger partial charge in [-0.1, -0.05) is 36.4 Å². The summed E-state index contributed by atoms with van der Waals surface area (Å²) in [5, 5.41) is 10.6. The average molecular weight is 459 g/mol. The Hall–Kier alpha value is -2.93. The molecule has 1 unspecified atom stereocenters. The summed E-state index contributed by atoms with van der Waals surface area (Å²) in [6, 6.07) is 20.8. The third kappa shape index (κ3) is 5.58. The standard InChI is InChI=1S/C28H34N4O2/c1-30-13-15-32(16-14-30)28-10-9-24(18-29-28)23-7-4-8-27(17-23)34-21-26(33)20-31-12-11-22-5-2-3-6-25(22)19-31/h2-10,17-18,26,33H,11-16,19-21H2,1H3. The van der Waals surface area contributed by atoms with E-state index in [0.717, 1.165) is 68.4 Å². The van der Waals surface area contributed by atoms with Gasteiger partial charge in [0.05, 0.1) is 0 Å². The van der Waals surface area contributed by atoms with Crippen LogP contribution in [0.1, 0.15) is 11.1 Å². The molecule has 1 saturated heterocycles. The number of anilines is 1. The summed E-state index contributed by atoms with van der Waals surface area (Å²) in [6.07, 6.45) is 2.45. The maximum Gasteiger partial charge on any atom is 0.128 e. The number of aliphatic hydroxyl groups excluding tert-OH is 1. The molecule has 1 aromatic heterocycles. The summed E-state index contributed by atoms with van der Waals surface area (Å²) in [4.78, 5) is 11.7. The predicted molar refractivity (Wildman–Crippen MR) is 136 cm³/mol. The van der Waals surface area contributed by atoms with E-state index in [1.807, 2.05) is 24.4 Å². The van der Waals surface area contributed by atoms with Crippen LogP contribution >= 0.6 is 0 Å². The number of nitrogens with zero attached hydrogens (tertiary/aromatic N) is 4. The van der Waals surface area contributed by atoms with Crippen molar-refractivity contribution in [2.45, 2.75) is 19.1 Å². The van der Waals surface area contributed by atoms with E-state index in [9.17, 15) is 5.11 Å². The van der Waals surface area contributed by atoms with Crippen molar-refractivity contribution in [1.29, 1.82) is 0 Å². The van der Waals surface area contributed by atoms with Crippen molar-refractivity contribution in [2.75, 3.05) is 57.8 Å². The van der Waals surface area contributed by atoms with E-state index in [1.165, 1.54) is 11.1 Å². The number of hydrogen-bond donors (Lipinski definition) is 1. The molecule has 1 fully saturated rings. The van der Waals surface area contributed by atoms with Crippen molar-refractivity contribution in [2.24, 2.45) is 0 Å². The third-order valence-electron chi connectivity index (χ3n) is 6.86. The van der Waals surface area contributed by atoms with E-state index in [0.29, 0.717) is 6.54 Å². The Morgan fingerprint density at radius 3 is 2.53 bits per heavy atom. The van der Waals surface area contributed by atoms with Crippen molar-refractivity contribution in [3.05, 3.63) is 78.0 Å². The van der Waals surface area contributed by atoms with Gasteiger partial charge in [-0.15, -0.1) is 0 Å². The number of fused-ring (bicyclic) bond motifs is 1. The summed E-state index contributed by atoms with van der Waals surface area (Å²) in [7, 11) is 2.16. The van der Waals surface area contributed by atoms with Gasteiger partial charge in [-0.2, -0.15) is 0 Å². The van der Waals surface area contributed by atoms with Crippen LogP contribution in [0.3, 0.4) is 0 Å². The van der Waals surface area contributed by atoms with Crippen LogP contribution in [0, 0.1) is 0 Å². The Morgan fingerprint density at radius 1 is 0.912 bits per heavy atom. The summed E-state index contributed by atoms with van der Waals surface area (Å²) >= 11 is 0. The monoisotopic (exact) mass is 458 g/mol. The highest BCUT2D eigenvalue weighted by Crippen LogP contribution is 2.25. The van der Waals surface area contributed by atoms with Crippen molar-refractivity contribution >= 4 is 5.82 Å². The van der Waals surface area contributed by atoms with Crippen LogP contribution in [0.4, 0.5) is 5.82 Å². The molecule has 0 spiro atoms. The number of likely N-dealkylation sites (N-methyl/N-ethyl adjacent to an activating group) is 1. The summed E-state index contributed by atoms with van der Waals surface area (Å²) in [6.45, 7) is 6.92. The molecule has 2 aromatic carbocycles. The maximum atomic E-state index is 10.6. The Bertz CT molecular complexity index is 1080. The Labute approximate surface area is 202 Å². The van der Waals surface area contributed by atoms with E-state index in [-0.39, 0.29) is 6.61 Å². The van der Waals surface area contributed by atoms with Crippen LogP contribution < -0.4 is 9.64 Å². The fourth-order valence-corrected chi connectivity index (χ4v) is 4.80. The summed E-state index contributed by atoms with van der Waals surface area (Å²) in [5.41, 5.74) is 4.92. The largest absolute Gasteiger partial charge is 0.491 e. The number of rotatable bonds is 7. The molecule has 2 aliphatic heterocycles. The molecule has 3 aromatic rings. The van der Waals surface area contributed by atoms with Gasteiger partial charge in [0, 0.05) is 57.6 Å². The molecule has 178 valence electrons. The second-order valence-corrected chi connectivity index (χ2v) is 9.44. The zero-order valence-electron chi connectivity index (χ0n) is 19.9. The molecule has 3 heterocycles. The fourth-order valence-electron chi connectivity index (χ4n) is 4.80. The van der Waals surface area contributed by atoms with Crippen LogP contribution in [0.5, 0.6) is 5.75 Å². The summed E-state index contributed by atoms with van der Waals surface area (Å²) < 4.78 is 5.96. The molecule has 2 aliphatic rings. The Balaban J connectivity index is 1.15. The fraction of sp³-hybridized carbons (Fsp3) is 0.393. The lowest BCUT2D eigenvalue weighted by Gasteiger charge is -2.33. The SMILES string of the molecule is CN1CCN(c2ccc(-c3cccc(OCC(O)CN4CCc5ccccc5C4)c3)cn2)CC1. The van der Waals surface area contributed by atoms with Gasteiger partial charge < -0.3 is 19.6 Å². The first-order valence-corrected chi connectivity index (χ1v) is 12.2. The molecule has 5 rings (SSSR count). The first-order chi connectivity index (χ1) is 16.6. The maximum absolute atomic E-state index is 10.6. The van der Waals surface area contributed by atoms with Gasteiger partial charge in [0.15, 0.2) is 0 Å². The molecule has 6 nitrogen and oxygen atoms in total. The van der Waals surface area contributed by atoms with E-state index >= 15 is 0 Å². The highest BCUT2D eigenvalue weighted by Gasteiger charge is 2.19. The molecular weight excluding hydrogens is 424 g/mol. The highest BCUT2D eigenvalue weighted by atomic mass is 16.5.